The normalized spacial score (nSPS) is 12.5. The number of hydrogen-bond donors (Lipinski definition) is 3. The predicted molar refractivity (Wildman–Crippen MR) is 47.2 cm³/mol. The highest BCUT2D eigenvalue weighted by molar-refractivity contribution is 5.93. The van der Waals surface area contributed by atoms with E-state index in [1.54, 1.807) is 0 Å². The van der Waals surface area contributed by atoms with Gasteiger partial charge in [-0.05, 0) is 5.92 Å². The van der Waals surface area contributed by atoms with E-state index in [-0.39, 0.29) is 18.4 Å². The van der Waals surface area contributed by atoms with Gasteiger partial charge in [-0.1, -0.05) is 6.92 Å². The monoisotopic (exact) mass is 183 g/mol. The van der Waals surface area contributed by atoms with Crippen LogP contribution in [0.25, 0.3) is 0 Å². The molecule has 72 valence electrons. The van der Waals surface area contributed by atoms with Gasteiger partial charge in [-0.2, -0.15) is 5.10 Å². The van der Waals surface area contributed by atoms with Crippen molar-refractivity contribution in [2.75, 3.05) is 13.2 Å². The molecule has 1 heterocycles. The third-order valence-electron chi connectivity index (χ3n) is 1.68. The van der Waals surface area contributed by atoms with Crippen molar-refractivity contribution in [3.63, 3.8) is 0 Å². The summed E-state index contributed by atoms with van der Waals surface area (Å²) >= 11 is 0. The number of aliphatic hydroxyl groups is 1. The molecule has 0 aromatic carbocycles. The molecule has 13 heavy (non-hydrogen) atoms. The number of amides is 1. The maximum atomic E-state index is 11.3. The van der Waals surface area contributed by atoms with E-state index < -0.39 is 0 Å². The molecule has 0 aliphatic rings. The van der Waals surface area contributed by atoms with E-state index in [0.717, 1.165) is 0 Å². The molecule has 0 saturated carbocycles. The summed E-state index contributed by atoms with van der Waals surface area (Å²) in [5.41, 5.74) is 0.505. The smallest absolute Gasteiger partial charge is 0.254 e. The summed E-state index contributed by atoms with van der Waals surface area (Å²) in [6.45, 7) is 2.40. The Kier molecular flexibility index (Phi) is 3.45. The highest BCUT2D eigenvalue weighted by Crippen LogP contribution is 1.94. The van der Waals surface area contributed by atoms with Gasteiger partial charge in [0.1, 0.15) is 0 Å². The molecule has 1 aromatic rings. The average Bonchev–Trinajstić information content (AvgIpc) is 2.66. The van der Waals surface area contributed by atoms with Crippen LogP contribution < -0.4 is 5.32 Å². The third kappa shape index (κ3) is 2.87. The summed E-state index contributed by atoms with van der Waals surface area (Å²) in [6, 6.07) is 0. The Bertz CT molecular complexity index is 258. The van der Waals surface area contributed by atoms with E-state index in [1.807, 2.05) is 6.92 Å². The zero-order valence-corrected chi connectivity index (χ0v) is 7.45. The van der Waals surface area contributed by atoms with Crippen LogP contribution in [-0.2, 0) is 0 Å². The minimum Gasteiger partial charge on any atom is -0.396 e. The van der Waals surface area contributed by atoms with Crippen LogP contribution in [0.15, 0.2) is 12.4 Å². The summed E-state index contributed by atoms with van der Waals surface area (Å²) < 4.78 is 0. The van der Waals surface area contributed by atoms with Crippen LogP contribution in [0.3, 0.4) is 0 Å². The van der Waals surface area contributed by atoms with Gasteiger partial charge < -0.3 is 10.4 Å². The van der Waals surface area contributed by atoms with Gasteiger partial charge in [0.25, 0.3) is 5.91 Å². The number of rotatable bonds is 4. The Hall–Kier alpha value is -1.36. The summed E-state index contributed by atoms with van der Waals surface area (Å²) in [5.74, 6) is -0.0927. The predicted octanol–water partition coefficient (Wildman–Crippen LogP) is -0.232. The number of H-pyrrole nitrogens is 1. The van der Waals surface area contributed by atoms with Crippen LogP contribution in [0.4, 0.5) is 0 Å². The lowest BCUT2D eigenvalue weighted by Crippen LogP contribution is -2.29. The molecule has 0 spiro atoms. The van der Waals surface area contributed by atoms with Crippen molar-refractivity contribution < 1.29 is 9.90 Å². The second-order valence-corrected chi connectivity index (χ2v) is 2.98. The van der Waals surface area contributed by atoms with E-state index in [0.29, 0.717) is 12.1 Å². The fraction of sp³-hybridized carbons (Fsp3) is 0.500. The number of aromatic nitrogens is 2. The Labute approximate surface area is 76.2 Å². The van der Waals surface area contributed by atoms with E-state index >= 15 is 0 Å². The van der Waals surface area contributed by atoms with Crippen molar-refractivity contribution >= 4 is 5.91 Å². The first-order valence-electron chi connectivity index (χ1n) is 4.12. The minimum atomic E-state index is -0.172. The first kappa shape index (κ1) is 9.73. The second-order valence-electron chi connectivity index (χ2n) is 2.98. The van der Waals surface area contributed by atoms with Gasteiger partial charge in [0.2, 0.25) is 0 Å². The molecule has 1 atom stereocenters. The third-order valence-corrected chi connectivity index (χ3v) is 1.68. The van der Waals surface area contributed by atoms with E-state index in [9.17, 15) is 4.79 Å². The summed E-state index contributed by atoms with van der Waals surface area (Å²) in [7, 11) is 0. The van der Waals surface area contributed by atoms with Gasteiger partial charge in [-0.3, -0.25) is 9.89 Å². The molecular weight excluding hydrogens is 170 g/mol. The molecule has 1 amide bonds. The zero-order chi connectivity index (χ0) is 9.68. The number of carbonyl (C=O) groups is 1. The number of carbonyl (C=O) groups excluding carboxylic acids is 1. The highest BCUT2D eigenvalue weighted by atomic mass is 16.3. The maximum Gasteiger partial charge on any atom is 0.254 e. The lowest BCUT2D eigenvalue weighted by molar-refractivity contribution is 0.0942. The van der Waals surface area contributed by atoms with Crippen LogP contribution in [0.2, 0.25) is 0 Å². The second kappa shape index (κ2) is 4.61. The highest BCUT2D eigenvalue weighted by Gasteiger charge is 2.07. The van der Waals surface area contributed by atoms with Gasteiger partial charge >= 0.3 is 0 Å². The summed E-state index contributed by atoms with van der Waals surface area (Å²) in [5, 5.41) is 17.6. The van der Waals surface area contributed by atoms with Gasteiger partial charge in [-0.15, -0.1) is 0 Å². The Balaban J connectivity index is 2.35. The fourth-order valence-corrected chi connectivity index (χ4v) is 0.809. The van der Waals surface area contributed by atoms with Crippen molar-refractivity contribution in [2.24, 2.45) is 5.92 Å². The van der Waals surface area contributed by atoms with Crippen molar-refractivity contribution in [3.05, 3.63) is 18.0 Å². The SMILES string of the molecule is CC(CO)CNC(=O)c1cn[nH]c1. The van der Waals surface area contributed by atoms with Gasteiger partial charge in [-0.25, -0.2) is 0 Å². The Morgan fingerprint density at radius 3 is 3.15 bits per heavy atom. The number of nitrogens with zero attached hydrogens (tertiary/aromatic N) is 1. The van der Waals surface area contributed by atoms with Crippen LogP contribution in [0.5, 0.6) is 0 Å². The molecule has 0 radical (unpaired) electrons. The van der Waals surface area contributed by atoms with Crippen molar-refractivity contribution in [2.45, 2.75) is 6.92 Å². The van der Waals surface area contributed by atoms with E-state index in [4.69, 9.17) is 5.11 Å². The molecular formula is C8H13N3O2. The maximum absolute atomic E-state index is 11.3. The Morgan fingerprint density at radius 2 is 2.62 bits per heavy atom. The molecule has 0 aliphatic carbocycles. The number of hydrogen-bond acceptors (Lipinski definition) is 3. The number of nitrogens with one attached hydrogen (secondary N) is 2. The molecule has 0 fully saturated rings. The van der Waals surface area contributed by atoms with Gasteiger partial charge in [0, 0.05) is 19.3 Å². The van der Waals surface area contributed by atoms with Crippen LogP contribution in [-0.4, -0.2) is 34.4 Å². The van der Waals surface area contributed by atoms with Crippen LogP contribution in [0, 0.1) is 5.92 Å². The first-order chi connectivity index (χ1) is 6.24. The lowest BCUT2D eigenvalue weighted by Gasteiger charge is -2.07. The molecule has 0 aliphatic heterocycles. The average molecular weight is 183 g/mol. The topological polar surface area (TPSA) is 78.0 Å². The van der Waals surface area contributed by atoms with Crippen LogP contribution >= 0.6 is 0 Å². The molecule has 0 bridgehead atoms. The molecule has 5 heteroatoms. The summed E-state index contributed by atoms with van der Waals surface area (Å²) in [4.78, 5) is 11.3. The molecule has 3 N–H and O–H groups in total. The first-order valence-corrected chi connectivity index (χ1v) is 4.12. The van der Waals surface area contributed by atoms with Gasteiger partial charge in [0.15, 0.2) is 0 Å². The number of aromatic amines is 1. The molecule has 1 rings (SSSR count). The van der Waals surface area contributed by atoms with E-state index in [2.05, 4.69) is 15.5 Å². The quantitative estimate of drug-likeness (QED) is 0.603. The Morgan fingerprint density at radius 1 is 1.85 bits per heavy atom. The van der Waals surface area contributed by atoms with Crippen molar-refractivity contribution in [1.82, 2.24) is 15.5 Å². The van der Waals surface area contributed by atoms with Gasteiger partial charge in [0.05, 0.1) is 11.8 Å². The fourth-order valence-electron chi connectivity index (χ4n) is 0.809. The lowest BCUT2D eigenvalue weighted by atomic mass is 10.2. The zero-order valence-electron chi connectivity index (χ0n) is 7.45. The van der Waals surface area contributed by atoms with Crippen molar-refractivity contribution in [3.8, 4) is 0 Å². The molecule has 1 unspecified atom stereocenters. The van der Waals surface area contributed by atoms with Crippen LogP contribution in [0.1, 0.15) is 17.3 Å². The van der Waals surface area contributed by atoms with E-state index in [1.165, 1.54) is 12.4 Å². The molecule has 5 nitrogen and oxygen atoms in total. The largest absolute Gasteiger partial charge is 0.396 e. The minimum absolute atomic E-state index is 0.0751. The number of aliphatic hydroxyl groups excluding tert-OH is 1. The standard InChI is InChI=1S/C8H13N3O2/c1-6(5-12)2-9-8(13)7-3-10-11-4-7/h3-4,6,12H,2,5H2,1H3,(H,9,13)(H,10,11). The molecule has 0 saturated heterocycles. The van der Waals surface area contributed by atoms with Crippen molar-refractivity contribution in [1.29, 1.82) is 0 Å². The molecule has 1 aromatic heterocycles. The summed E-state index contributed by atoms with van der Waals surface area (Å²) in [6.07, 6.45) is 2.98.